The first-order chi connectivity index (χ1) is 17.4. The van der Waals surface area contributed by atoms with E-state index in [0.29, 0.717) is 22.6 Å². The molecule has 1 unspecified atom stereocenters. The van der Waals surface area contributed by atoms with Gasteiger partial charge in [-0.3, -0.25) is 9.59 Å². The summed E-state index contributed by atoms with van der Waals surface area (Å²) in [6, 6.07) is 6.27. The number of nitrogens with zero attached hydrogens (tertiary/aromatic N) is 2. The lowest BCUT2D eigenvalue weighted by Crippen LogP contribution is -2.36. The monoisotopic (exact) mass is 510 g/mol. The van der Waals surface area contributed by atoms with Crippen LogP contribution in [0.2, 0.25) is 0 Å². The predicted molar refractivity (Wildman–Crippen MR) is 124 cm³/mol. The average molecular weight is 510 g/mol. The van der Waals surface area contributed by atoms with Crippen LogP contribution in [0, 0.1) is 13.8 Å². The number of alkyl halides is 3. The molecular formula is C26H17F3N2O6. The Kier molecular flexibility index (Phi) is 4.48. The molecular weight excluding hydrogens is 493 g/mol. The summed E-state index contributed by atoms with van der Waals surface area (Å²) in [6.07, 6.45) is -2.02. The molecule has 0 saturated carbocycles. The van der Waals surface area contributed by atoms with E-state index in [4.69, 9.17) is 9.15 Å². The van der Waals surface area contributed by atoms with Gasteiger partial charge in [0.2, 0.25) is 0 Å². The number of allylic oxidation sites excluding steroid dienone is 1. The highest BCUT2D eigenvalue weighted by Crippen LogP contribution is 2.57. The van der Waals surface area contributed by atoms with E-state index < -0.39 is 28.7 Å². The number of Topliss-reactive ketones (excluding diaryl/α,β-unsaturated/α-hetero) is 1. The fraction of sp³-hybridized carbons (Fsp3) is 0.192. The first-order valence-electron chi connectivity index (χ1n) is 11.1. The summed E-state index contributed by atoms with van der Waals surface area (Å²) in [5.74, 6) is -0.810. The van der Waals surface area contributed by atoms with Gasteiger partial charge < -0.3 is 19.0 Å². The van der Waals surface area contributed by atoms with Crippen molar-refractivity contribution in [3.8, 4) is 22.9 Å². The molecule has 2 aromatic heterocycles. The number of aromatic hydroxyl groups is 1. The van der Waals surface area contributed by atoms with Crippen LogP contribution in [0.5, 0.6) is 17.2 Å². The Morgan fingerprint density at radius 1 is 1.11 bits per heavy atom. The van der Waals surface area contributed by atoms with Crippen LogP contribution in [0.4, 0.5) is 13.2 Å². The smallest absolute Gasteiger partial charge is 0.507 e. The van der Waals surface area contributed by atoms with Crippen LogP contribution in [0.15, 0.2) is 51.6 Å². The number of aromatic nitrogens is 2. The van der Waals surface area contributed by atoms with Gasteiger partial charge in [-0.2, -0.15) is 5.10 Å². The minimum Gasteiger partial charge on any atom is -0.507 e. The van der Waals surface area contributed by atoms with Crippen molar-refractivity contribution in [1.82, 2.24) is 9.78 Å². The molecule has 0 saturated heterocycles. The molecule has 2 aromatic carbocycles. The Labute approximate surface area is 206 Å². The van der Waals surface area contributed by atoms with E-state index >= 15 is 0 Å². The van der Waals surface area contributed by atoms with Crippen molar-refractivity contribution < 1.29 is 37.0 Å². The number of hydrogen-bond donors (Lipinski definition) is 1. The molecule has 1 aliphatic heterocycles. The van der Waals surface area contributed by atoms with Crippen molar-refractivity contribution in [2.45, 2.75) is 32.5 Å². The lowest BCUT2D eigenvalue weighted by atomic mass is 9.71. The van der Waals surface area contributed by atoms with Gasteiger partial charge in [-0.05, 0) is 45.0 Å². The Balaban J connectivity index is 1.54. The van der Waals surface area contributed by atoms with Crippen LogP contribution >= 0.6 is 0 Å². The molecule has 0 amide bonds. The second-order valence-electron chi connectivity index (χ2n) is 9.03. The van der Waals surface area contributed by atoms with Crippen molar-refractivity contribution in [2.24, 2.45) is 0 Å². The normalized spacial score (nSPS) is 18.2. The number of benzene rings is 2. The van der Waals surface area contributed by atoms with Crippen LogP contribution in [0.25, 0.3) is 22.7 Å². The Morgan fingerprint density at radius 2 is 1.81 bits per heavy atom. The predicted octanol–water partition coefficient (Wildman–Crippen LogP) is 5.09. The quantitative estimate of drug-likeness (QED) is 0.401. The summed E-state index contributed by atoms with van der Waals surface area (Å²) >= 11 is 0. The van der Waals surface area contributed by atoms with Crippen LogP contribution in [0.1, 0.15) is 39.8 Å². The Bertz CT molecular complexity index is 1750. The first-order valence-corrected chi connectivity index (χ1v) is 11.1. The number of aryl methyl sites for hydroxylation is 2. The third-order valence-corrected chi connectivity index (χ3v) is 6.83. The molecule has 0 bridgehead atoms. The molecule has 1 N–H and O–H groups in total. The van der Waals surface area contributed by atoms with Gasteiger partial charge in [0.1, 0.15) is 39.4 Å². The van der Waals surface area contributed by atoms with Gasteiger partial charge in [0.05, 0.1) is 34.5 Å². The molecule has 0 fully saturated rings. The highest BCUT2D eigenvalue weighted by Gasteiger charge is 2.55. The molecule has 4 aromatic rings. The fourth-order valence-electron chi connectivity index (χ4n) is 5.06. The maximum absolute atomic E-state index is 14.0. The molecule has 37 heavy (non-hydrogen) atoms. The first kappa shape index (κ1) is 22.9. The number of hydrogen-bond acceptors (Lipinski definition) is 7. The molecule has 0 spiro atoms. The van der Waals surface area contributed by atoms with E-state index in [1.807, 2.05) is 0 Å². The zero-order valence-corrected chi connectivity index (χ0v) is 19.6. The summed E-state index contributed by atoms with van der Waals surface area (Å²) in [4.78, 5) is 26.8. The third kappa shape index (κ3) is 3.06. The molecule has 8 nitrogen and oxygen atoms in total. The van der Waals surface area contributed by atoms with Crippen LogP contribution in [-0.2, 0) is 5.41 Å². The standard InChI is InChI=1S/C26H17F3N2O6/c1-11-21(33)20-23(19-16(32)8-9-35-22(11)19)36-17-10-15-18(24(34)25(17,20)3)12(2)30-31(15)13-4-6-14(7-5-13)37-26(27,28)29/h4-10,33H,1-3H3. The van der Waals surface area contributed by atoms with E-state index in [0.717, 1.165) is 12.1 Å². The Morgan fingerprint density at radius 3 is 2.49 bits per heavy atom. The minimum absolute atomic E-state index is 0.0468. The number of phenols is 1. The molecule has 0 radical (unpaired) electrons. The maximum Gasteiger partial charge on any atom is 0.573 e. The van der Waals surface area contributed by atoms with Gasteiger partial charge >= 0.3 is 6.36 Å². The van der Waals surface area contributed by atoms with E-state index in [2.05, 4.69) is 9.84 Å². The number of ketones is 1. The molecule has 6 rings (SSSR count). The number of halogens is 3. The van der Waals surface area contributed by atoms with Crippen molar-refractivity contribution in [3.05, 3.63) is 80.7 Å². The fourth-order valence-corrected chi connectivity index (χ4v) is 5.06. The molecule has 1 atom stereocenters. The largest absolute Gasteiger partial charge is 0.573 e. The maximum atomic E-state index is 14.0. The average Bonchev–Trinajstić information content (AvgIpc) is 3.32. The van der Waals surface area contributed by atoms with E-state index in [-0.39, 0.29) is 39.4 Å². The van der Waals surface area contributed by atoms with Gasteiger partial charge in [-0.15, -0.1) is 13.2 Å². The van der Waals surface area contributed by atoms with Crippen LogP contribution in [-0.4, -0.2) is 27.0 Å². The third-order valence-electron chi connectivity index (χ3n) is 6.83. The zero-order valence-electron chi connectivity index (χ0n) is 19.6. The van der Waals surface area contributed by atoms with Gasteiger partial charge in [0.15, 0.2) is 11.2 Å². The lowest BCUT2D eigenvalue weighted by Gasteiger charge is -2.27. The molecule has 3 heterocycles. The summed E-state index contributed by atoms with van der Waals surface area (Å²) in [6.45, 7) is 4.82. The van der Waals surface area contributed by atoms with Gasteiger partial charge in [-0.1, -0.05) is 0 Å². The highest BCUT2D eigenvalue weighted by molar-refractivity contribution is 6.14. The summed E-state index contributed by atoms with van der Waals surface area (Å²) in [5.41, 5.74) is 0.136. The minimum atomic E-state index is -4.83. The second-order valence-corrected chi connectivity index (χ2v) is 9.03. The van der Waals surface area contributed by atoms with Crippen molar-refractivity contribution in [1.29, 1.82) is 0 Å². The molecule has 11 heteroatoms. The number of rotatable bonds is 2. The topological polar surface area (TPSA) is 104 Å². The van der Waals surface area contributed by atoms with Crippen molar-refractivity contribution in [2.75, 3.05) is 0 Å². The molecule has 1 aliphatic carbocycles. The second kappa shape index (κ2) is 7.25. The number of carbonyl (C=O) groups excluding carboxylic acids is 1. The summed E-state index contributed by atoms with van der Waals surface area (Å²) < 4.78 is 54.5. The number of carbonyl (C=O) groups is 1. The zero-order chi connectivity index (χ0) is 26.4. The van der Waals surface area contributed by atoms with Crippen LogP contribution in [0.3, 0.4) is 0 Å². The number of phenolic OH excluding ortho intramolecular Hbond substituents is 1. The number of ether oxygens (including phenoxy) is 2. The highest BCUT2D eigenvalue weighted by atomic mass is 19.4. The Hall–Kier alpha value is -4.54. The van der Waals surface area contributed by atoms with E-state index in [1.54, 1.807) is 26.8 Å². The SMILES string of the molecule is Cc1nn(-c2ccc(OC(F)(F)F)cc2)c2c1C(=O)C1(C)C(=C2)Oc2c1c(O)c(C)c1occc(=O)c21. The number of fused-ring (bicyclic) bond motifs is 6. The van der Waals surface area contributed by atoms with Gasteiger partial charge in [-0.25, -0.2) is 4.68 Å². The van der Waals surface area contributed by atoms with Crippen molar-refractivity contribution in [3.63, 3.8) is 0 Å². The van der Waals surface area contributed by atoms with Gasteiger partial charge in [0.25, 0.3) is 0 Å². The van der Waals surface area contributed by atoms with Crippen molar-refractivity contribution >= 4 is 22.8 Å². The van der Waals surface area contributed by atoms with E-state index in [9.17, 15) is 27.9 Å². The van der Waals surface area contributed by atoms with Gasteiger partial charge in [0, 0.05) is 17.7 Å². The lowest BCUT2D eigenvalue weighted by molar-refractivity contribution is -0.274. The molecule has 2 aliphatic rings. The summed E-state index contributed by atoms with van der Waals surface area (Å²) in [7, 11) is 0. The van der Waals surface area contributed by atoms with E-state index in [1.165, 1.54) is 29.1 Å². The summed E-state index contributed by atoms with van der Waals surface area (Å²) in [5, 5.41) is 15.7. The van der Waals surface area contributed by atoms with Crippen LogP contribution < -0.4 is 14.9 Å². The molecule has 188 valence electrons.